The molecule has 0 aromatic carbocycles. The minimum Gasteiger partial charge on any atom is -0.382 e. The first-order valence-electron chi connectivity index (χ1n) is 5.88. The second kappa shape index (κ2) is 6.79. The third kappa shape index (κ3) is 5.25. The lowest BCUT2D eigenvalue weighted by atomic mass is 10.3. The standard InChI is InChI=1S/C11H14ClF3N4O2/c1-18(2)8(20)3-4-16-7-5-17-19(6-11(13,14)15)10(21)9(7)12/h5,16H,3-4,6H2,1-2H3. The maximum Gasteiger partial charge on any atom is 0.408 e. The van der Waals surface area contributed by atoms with Crippen LogP contribution in [0, 0.1) is 0 Å². The molecule has 0 aliphatic heterocycles. The second-order valence-corrected chi connectivity index (χ2v) is 4.79. The topological polar surface area (TPSA) is 67.2 Å². The number of hydrogen-bond acceptors (Lipinski definition) is 4. The van der Waals surface area contributed by atoms with Gasteiger partial charge in [-0.3, -0.25) is 9.59 Å². The Kier molecular flexibility index (Phi) is 5.59. The van der Waals surface area contributed by atoms with Gasteiger partial charge in [0.15, 0.2) is 0 Å². The van der Waals surface area contributed by atoms with Gasteiger partial charge >= 0.3 is 6.18 Å². The van der Waals surface area contributed by atoms with Gasteiger partial charge in [-0.15, -0.1) is 0 Å². The first-order chi connectivity index (χ1) is 9.61. The van der Waals surface area contributed by atoms with E-state index in [1.54, 1.807) is 14.1 Å². The van der Waals surface area contributed by atoms with Crippen molar-refractivity contribution in [3.63, 3.8) is 0 Å². The maximum atomic E-state index is 12.2. The fraction of sp³-hybridized carbons (Fsp3) is 0.545. The Labute approximate surface area is 123 Å². The van der Waals surface area contributed by atoms with E-state index in [0.717, 1.165) is 6.20 Å². The number of alkyl halides is 3. The summed E-state index contributed by atoms with van der Waals surface area (Å²) in [5.74, 6) is -0.142. The molecule has 6 nitrogen and oxygen atoms in total. The van der Waals surface area contributed by atoms with E-state index in [2.05, 4.69) is 10.4 Å². The number of carbonyl (C=O) groups is 1. The van der Waals surface area contributed by atoms with Gasteiger partial charge in [0.25, 0.3) is 5.56 Å². The van der Waals surface area contributed by atoms with Crippen molar-refractivity contribution in [3.8, 4) is 0 Å². The predicted octanol–water partition coefficient (Wildman–Crippen LogP) is 1.35. The third-order valence-corrected chi connectivity index (χ3v) is 2.83. The molecule has 0 bridgehead atoms. The molecule has 0 unspecified atom stereocenters. The van der Waals surface area contributed by atoms with Gasteiger partial charge in [-0.25, -0.2) is 4.68 Å². The summed E-state index contributed by atoms with van der Waals surface area (Å²) in [5, 5.41) is 5.70. The van der Waals surface area contributed by atoms with Gasteiger partial charge < -0.3 is 10.2 Å². The molecule has 0 saturated carbocycles. The van der Waals surface area contributed by atoms with E-state index in [0.29, 0.717) is 0 Å². The van der Waals surface area contributed by atoms with Crippen molar-refractivity contribution in [2.45, 2.75) is 19.1 Å². The summed E-state index contributed by atoms with van der Waals surface area (Å²) in [6.45, 7) is -1.33. The number of nitrogens with zero attached hydrogens (tertiary/aromatic N) is 3. The van der Waals surface area contributed by atoms with E-state index in [1.165, 1.54) is 4.90 Å². The van der Waals surface area contributed by atoms with E-state index in [9.17, 15) is 22.8 Å². The smallest absolute Gasteiger partial charge is 0.382 e. The molecule has 0 saturated heterocycles. The zero-order valence-electron chi connectivity index (χ0n) is 11.4. The SMILES string of the molecule is CN(C)C(=O)CCNc1cnn(CC(F)(F)F)c(=O)c1Cl. The molecule has 1 rings (SSSR count). The predicted molar refractivity (Wildman–Crippen MR) is 71.4 cm³/mol. The van der Waals surface area contributed by atoms with Crippen LogP contribution in [-0.2, 0) is 11.3 Å². The molecule has 1 aromatic rings. The number of rotatable bonds is 5. The zero-order chi connectivity index (χ0) is 16.2. The van der Waals surface area contributed by atoms with Crippen LogP contribution in [0.15, 0.2) is 11.0 Å². The average molecular weight is 327 g/mol. The van der Waals surface area contributed by atoms with E-state index in [-0.39, 0.29) is 29.2 Å². The lowest BCUT2D eigenvalue weighted by Crippen LogP contribution is -2.31. The van der Waals surface area contributed by atoms with Gasteiger partial charge in [-0.2, -0.15) is 18.3 Å². The van der Waals surface area contributed by atoms with Crippen molar-refractivity contribution in [3.05, 3.63) is 21.6 Å². The Morgan fingerprint density at radius 2 is 2.10 bits per heavy atom. The summed E-state index contributed by atoms with van der Waals surface area (Å²) in [6, 6.07) is 0. The molecule has 0 atom stereocenters. The second-order valence-electron chi connectivity index (χ2n) is 4.42. The van der Waals surface area contributed by atoms with Gasteiger partial charge in [-0.05, 0) is 0 Å². The number of hydrogen-bond donors (Lipinski definition) is 1. The molecule has 0 aliphatic rings. The van der Waals surface area contributed by atoms with Crippen molar-refractivity contribution in [2.24, 2.45) is 0 Å². The van der Waals surface area contributed by atoms with E-state index < -0.39 is 23.3 Å². The summed E-state index contributed by atoms with van der Waals surface area (Å²) >= 11 is 5.71. The number of nitrogens with one attached hydrogen (secondary N) is 1. The minimum absolute atomic E-state index is 0.0895. The number of aromatic nitrogens is 2. The summed E-state index contributed by atoms with van der Waals surface area (Å²) < 4.78 is 36.9. The van der Waals surface area contributed by atoms with Crippen LogP contribution >= 0.6 is 11.6 Å². The zero-order valence-corrected chi connectivity index (χ0v) is 12.1. The van der Waals surface area contributed by atoms with Crippen molar-refractivity contribution in [2.75, 3.05) is 26.0 Å². The van der Waals surface area contributed by atoms with Crippen molar-refractivity contribution < 1.29 is 18.0 Å². The Morgan fingerprint density at radius 3 is 2.62 bits per heavy atom. The van der Waals surface area contributed by atoms with Crippen LogP contribution in [0.1, 0.15) is 6.42 Å². The number of anilines is 1. The monoisotopic (exact) mass is 326 g/mol. The van der Waals surface area contributed by atoms with Crippen LogP contribution in [0.3, 0.4) is 0 Å². The molecule has 0 aliphatic carbocycles. The summed E-state index contributed by atoms with van der Waals surface area (Å²) in [4.78, 5) is 24.4. The van der Waals surface area contributed by atoms with Gasteiger partial charge in [0, 0.05) is 27.1 Å². The fourth-order valence-corrected chi connectivity index (χ4v) is 1.61. The van der Waals surface area contributed by atoms with Crippen LogP contribution in [0.2, 0.25) is 5.02 Å². The van der Waals surface area contributed by atoms with Crippen LogP contribution in [0.5, 0.6) is 0 Å². The first kappa shape index (κ1) is 17.3. The molecule has 1 aromatic heterocycles. The summed E-state index contributed by atoms with van der Waals surface area (Å²) in [6.07, 6.45) is -3.39. The van der Waals surface area contributed by atoms with Gasteiger partial charge in [0.05, 0.1) is 11.9 Å². The van der Waals surface area contributed by atoms with Crippen molar-refractivity contribution in [1.82, 2.24) is 14.7 Å². The third-order valence-electron chi connectivity index (χ3n) is 2.47. The molecule has 0 fully saturated rings. The largest absolute Gasteiger partial charge is 0.408 e. The van der Waals surface area contributed by atoms with Crippen molar-refractivity contribution in [1.29, 1.82) is 0 Å². The molecule has 0 radical (unpaired) electrons. The molecule has 118 valence electrons. The fourth-order valence-electron chi connectivity index (χ4n) is 1.40. The number of carbonyl (C=O) groups excluding carboxylic acids is 1. The van der Waals surface area contributed by atoms with Gasteiger partial charge in [-0.1, -0.05) is 11.6 Å². The maximum absolute atomic E-state index is 12.2. The Morgan fingerprint density at radius 1 is 1.48 bits per heavy atom. The highest BCUT2D eigenvalue weighted by atomic mass is 35.5. The molecule has 1 N–H and O–H groups in total. The molecular formula is C11H14ClF3N4O2. The van der Waals surface area contributed by atoms with Gasteiger partial charge in [0.2, 0.25) is 5.91 Å². The highest BCUT2D eigenvalue weighted by Crippen LogP contribution is 2.19. The van der Waals surface area contributed by atoms with E-state index in [4.69, 9.17) is 11.6 Å². The Hall–Kier alpha value is -1.77. The summed E-state index contributed by atoms with van der Waals surface area (Å²) in [5.41, 5.74) is -0.954. The normalized spacial score (nSPS) is 11.3. The van der Waals surface area contributed by atoms with Crippen LogP contribution in [0.25, 0.3) is 0 Å². The Bertz CT molecular complexity index is 572. The molecule has 1 amide bonds. The lowest BCUT2D eigenvalue weighted by Gasteiger charge is -2.13. The van der Waals surface area contributed by atoms with Gasteiger partial charge in [0.1, 0.15) is 11.6 Å². The molecule has 21 heavy (non-hydrogen) atoms. The Balaban J connectivity index is 2.76. The summed E-state index contributed by atoms with van der Waals surface area (Å²) in [7, 11) is 3.18. The molecular weight excluding hydrogens is 313 g/mol. The van der Waals surface area contributed by atoms with Crippen LogP contribution < -0.4 is 10.9 Å². The number of amides is 1. The minimum atomic E-state index is -4.56. The highest BCUT2D eigenvalue weighted by Gasteiger charge is 2.29. The quantitative estimate of drug-likeness (QED) is 0.887. The highest BCUT2D eigenvalue weighted by molar-refractivity contribution is 6.32. The molecule has 0 spiro atoms. The van der Waals surface area contributed by atoms with E-state index in [1.807, 2.05) is 0 Å². The lowest BCUT2D eigenvalue weighted by molar-refractivity contribution is -0.143. The van der Waals surface area contributed by atoms with Crippen LogP contribution in [-0.4, -0.2) is 47.4 Å². The van der Waals surface area contributed by atoms with Crippen LogP contribution in [0.4, 0.5) is 18.9 Å². The molecule has 10 heteroatoms. The molecule has 1 heterocycles. The number of halogens is 4. The first-order valence-corrected chi connectivity index (χ1v) is 6.26. The average Bonchev–Trinajstić information content (AvgIpc) is 2.36. The van der Waals surface area contributed by atoms with Crippen molar-refractivity contribution >= 4 is 23.2 Å². The van der Waals surface area contributed by atoms with E-state index >= 15 is 0 Å².